The Kier molecular flexibility index (Phi) is 46.6. The second-order valence-corrected chi connectivity index (χ2v) is 27.2. The van der Waals surface area contributed by atoms with Crippen LogP contribution in [-0.4, -0.2) is 267 Å². The molecule has 0 heterocycles. The van der Waals surface area contributed by atoms with Gasteiger partial charge in [0.2, 0.25) is 0 Å². The first-order valence-corrected chi connectivity index (χ1v) is 34.9. The van der Waals surface area contributed by atoms with Crippen molar-refractivity contribution >= 4 is 108 Å². The van der Waals surface area contributed by atoms with Crippen molar-refractivity contribution in [2.45, 2.75) is 87.6 Å². The van der Waals surface area contributed by atoms with Gasteiger partial charge in [-0.25, -0.2) is 81.5 Å². The van der Waals surface area contributed by atoms with Crippen molar-refractivity contribution in [3.05, 3.63) is 152 Å². The number of carbonyl (C=O) groups excluding carboxylic acids is 18. The lowest BCUT2D eigenvalue weighted by Gasteiger charge is -2.37. The molecule has 1 atom stereocenters. The maximum Gasteiger partial charge on any atom is 0.407 e. The van der Waals surface area contributed by atoms with Gasteiger partial charge in [-0.3, -0.25) is 4.79 Å². The Labute approximate surface area is 684 Å². The maximum atomic E-state index is 14.5. The molecule has 0 bridgehead atoms. The molecule has 0 aromatic heterocycles. The minimum Gasteiger partial charge on any atom is -0.460 e. The Morgan fingerprint density at radius 3 is 0.487 bits per heavy atom. The number of rotatable bonds is 59. The van der Waals surface area contributed by atoms with E-state index in [0.29, 0.717) is 0 Å². The third kappa shape index (κ3) is 44.7. The molecule has 0 saturated carbocycles. The number of hydrogen-bond donors (Lipinski definition) is 6. The SMILES string of the molecule is C=CC(=O)CCC(C)(COC(=O)C=C)NC(=O)OCC(COCC(COC(=O)NC(C)(COC(=O)C=C)COC(=O)C=C)(COC(=O)NC(C)(COC(=O)C=C)COC(=O)C=C)COC(=O)NC(C)(COC(=O)C=C)COC(=O)C=C)(COC(=O)NC(C)(COC(=O)C=C)COC(=O)C=C)COC(=O)NC(C)(COC(=O)C=C)COC(=O)C=C. The molecule has 42 nitrogen and oxygen atoms in total. The molecule has 0 rings (SSSR count). The van der Waals surface area contributed by atoms with E-state index in [9.17, 15) is 86.3 Å². The van der Waals surface area contributed by atoms with E-state index in [4.69, 9.17) is 85.3 Å². The lowest BCUT2D eigenvalue weighted by Crippen LogP contribution is -2.56. The molecule has 0 aliphatic rings. The van der Waals surface area contributed by atoms with E-state index in [1.807, 2.05) is 0 Å². The molecule has 119 heavy (non-hydrogen) atoms. The summed E-state index contributed by atoms with van der Waals surface area (Å²) in [5, 5.41) is 14.2. The fourth-order valence-corrected chi connectivity index (χ4v) is 8.41. The standard InChI is InChI=1S/C77H102N6O36/c1-19-52(84)31-32-70(13,33-103-53(85)20-2)78-64(96)114-46-76(47-115-65(97)79-71(14,34-104-54(86)21-3)35-105-55(87)22-4,48-116-66(98)80-72(15,36-106-56(88)23-5)37-107-57(89)24-6)44-102-45-77(49-117-67(99)81-73(16,38-108-58(90)25-7)39-109-59(91)26-8,50-118-68(100)82-74(17,40-110-60(92)27-9)41-111-61(93)28-10)51-119-69(101)83-75(18,42-112-62(94)29-11)43-113-63(95)30-12/h19-30H,1-12,31-51H2,13-18H3,(H,78,96)(H,79,97)(H,80,98)(H,81,99)(H,82,100)(H,83,101). The van der Waals surface area contributed by atoms with E-state index in [-0.39, 0.29) is 12.8 Å². The molecule has 656 valence electrons. The van der Waals surface area contributed by atoms with Crippen molar-refractivity contribution in [1.29, 1.82) is 0 Å². The summed E-state index contributed by atoms with van der Waals surface area (Å²) in [5.74, 6) is -12.1. The summed E-state index contributed by atoms with van der Waals surface area (Å²) < 4.78 is 98.2. The van der Waals surface area contributed by atoms with Crippen LogP contribution in [0.2, 0.25) is 0 Å². The van der Waals surface area contributed by atoms with Crippen LogP contribution in [0.15, 0.2) is 152 Å². The Morgan fingerprint density at radius 2 is 0.345 bits per heavy atom. The molecule has 42 heteroatoms. The molecule has 0 spiro atoms. The van der Waals surface area contributed by atoms with Crippen molar-refractivity contribution in [3.63, 3.8) is 0 Å². The molecule has 0 aliphatic carbocycles. The van der Waals surface area contributed by atoms with Crippen molar-refractivity contribution in [2.24, 2.45) is 10.8 Å². The van der Waals surface area contributed by atoms with Gasteiger partial charge in [0, 0.05) is 73.3 Å². The van der Waals surface area contributed by atoms with Gasteiger partial charge in [0.05, 0.1) is 29.6 Å². The number of hydrogen-bond acceptors (Lipinski definition) is 36. The van der Waals surface area contributed by atoms with E-state index < -0.39 is 278 Å². The first kappa shape index (κ1) is 105. The van der Waals surface area contributed by atoms with E-state index in [1.54, 1.807) is 0 Å². The number of allylic oxidation sites excluding steroid dienone is 1. The second-order valence-electron chi connectivity index (χ2n) is 27.2. The quantitative estimate of drug-likeness (QED) is 0.0288. The van der Waals surface area contributed by atoms with Gasteiger partial charge in [0.15, 0.2) is 5.78 Å². The van der Waals surface area contributed by atoms with Crippen LogP contribution in [0.5, 0.6) is 0 Å². The second kappa shape index (κ2) is 52.7. The van der Waals surface area contributed by atoms with Gasteiger partial charge < -0.3 is 117 Å². The molecule has 0 aliphatic heterocycles. The highest BCUT2D eigenvalue weighted by Crippen LogP contribution is 2.28. The summed E-state index contributed by atoms with van der Waals surface area (Å²) in [4.78, 5) is 236. The average Bonchev–Trinajstić information content (AvgIpc) is 0.826. The molecule has 0 aromatic carbocycles. The predicted octanol–water partition coefficient (Wildman–Crippen LogP) is 3.44. The van der Waals surface area contributed by atoms with Gasteiger partial charge in [-0.05, 0) is 54.0 Å². The van der Waals surface area contributed by atoms with Crippen LogP contribution in [0.1, 0.15) is 54.4 Å². The number of alkyl carbamates (subject to hydrolysis) is 6. The minimum atomic E-state index is -2.54. The lowest BCUT2D eigenvalue weighted by molar-refractivity contribution is -0.146. The molecule has 0 aromatic rings. The largest absolute Gasteiger partial charge is 0.460 e. The monoisotopic (exact) mass is 1690 g/mol. The summed E-state index contributed by atoms with van der Waals surface area (Å²) in [6.45, 7) is 28.4. The summed E-state index contributed by atoms with van der Waals surface area (Å²) in [5.41, 5.74) is -16.6. The topological polar surface area (TPSA) is 546 Å². The van der Waals surface area contributed by atoms with Crippen LogP contribution in [0.4, 0.5) is 28.8 Å². The van der Waals surface area contributed by atoms with E-state index in [1.165, 1.54) is 41.5 Å². The van der Waals surface area contributed by atoms with Gasteiger partial charge in [0.1, 0.15) is 140 Å². The number of nitrogens with one attached hydrogen (secondary N) is 6. The normalized spacial score (nSPS) is 11.6. The third-order valence-electron chi connectivity index (χ3n) is 15.1. The summed E-state index contributed by atoms with van der Waals surface area (Å²) >= 11 is 0. The lowest BCUT2D eigenvalue weighted by atomic mass is 9.90. The minimum absolute atomic E-state index is 0.313. The van der Waals surface area contributed by atoms with Crippen molar-refractivity contribution in [1.82, 2.24) is 31.9 Å². The summed E-state index contributed by atoms with van der Waals surface area (Å²) in [6.07, 6.45) is -0.696. The van der Waals surface area contributed by atoms with Crippen LogP contribution in [-0.2, 0) is 143 Å². The predicted molar refractivity (Wildman–Crippen MR) is 410 cm³/mol. The van der Waals surface area contributed by atoms with Gasteiger partial charge in [-0.1, -0.05) is 78.9 Å². The highest BCUT2D eigenvalue weighted by Gasteiger charge is 2.45. The van der Waals surface area contributed by atoms with E-state index in [0.717, 1.165) is 72.9 Å². The molecular formula is C77H102N6O36. The average molecular weight is 1690 g/mol. The highest BCUT2D eigenvalue weighted by molar-refractivity contribution is 5.89. The number of ketones is 1. The van der Waals surface area contributed by atoms with Crippen molar-refractivity contribution in [2.75, 3.05) is 126 Å². The van der Waals surface area contributed by atoms with Crippen LogP contribution < -0.4 is 31.9 Å². The molecule has 0 fully saturated rings. The first-order chi connectivity index (χ1) is 55.8. The van der Waals surface area contributed by atoms with Gasteiger partial charge >= 0.3 is 102 Å². The number of carbonyl (C=O) groups is 18. The first-order valence-electron chi connectivity index (χ1n) is 34.9. The smallest absolute Gasteiger partial charge is 0.407 e. The summed E-state index contributed by atoms with van der Waals surface area (Å²) in [7, 11) is 0. The van der Waals surface area contributed by atoms with Crippen molar-refractivity contribution < 1.29 is 172 Å². The zero-order valence-corrected chi connectivity index (χ0v) is 67.0. The highest BCUT2D eigenvalue weighted by atomic mass is 16.6. The molecule has 0 radical (unpaired) electrons. The van der Waals surface area contributed by atoms with Gasteiger partial charge in [-0.15, -0.1) is 0 Å². The van der Waals surface area contributed by atoms with Crippen LogP contribution in [0, 0.1) is 10.8 Å². The third-order valence-corrected chi connectivity index (χ3v) is 15.1. The van der Waals surface area contributed by atoms with Gasteiger partial charge in [0.25, 0.3) is 0 Å². The Morgan fingerprint density at radius 1 is 0.202 bits per heavy atom. The number of esters is 11. The molecule has 6 N–H and O–H groups in total. The van der Waals surface area contributed by atoms with E-state index >= 15 is 0 Å². The Bertz CT molecular complexity index is 3020. The summed E-state index contributed by atoms with van der Waals surface area (Å²) in [6, 6.07) is 0. The van der Waals surface area contributed by atoms with Gasteiger partial charge in [-0.2, -0.15) is 0 Å². The molecule has 0 saturated heterocycles. The molecular weight excluding hydrogens is 1580 g/mol. The Hall–Kier alpha value is -13.7. The van der Waals surface area contributed by atoms with Crippen molar-refractivity contribution in [3.8, 4) is 0 Å². The Balaban J connectivity index is 9.73. The van der Waals surface area contributed by atoms with Crippen LogP contribution in [0.3, 0.4) is 0 Å². The molecule has 1 unspecified atom stereocenters. The molecule has 6 amide bonds. The van der Waals surface area contributed by atoms with Crippen LogP contribution in [0.25, 0.3) is 0 Å². The number of ether oxygens (including phenoxy) is 18. The fourth-order valence-electron chi connectivity index (χ4n) is 8.41. The number of amides is 6. The van der Waals surface area contributed by atoms with Crippen LogP contribution >= 0.6 is 0 Å². The fraction of sp³-hybridized carbons (Fsp3) is 0.455. The zero-order chi connectivity index (χ0) is 90.7. The van der Waals surface area contributed by atoms with E-state index in [2.05, 4.69) is 111 Å². The zero-order valence-electron chi connectivity index (χ0n) is 67.0. The maximum absolute atomic E-state index is 14.5.